The Kier molecular flexibility index (Phi) is 4.42. The van der Waals surface area contributed by atoms with E-state index in [4.69, 9.17) is 4.42 Å². The van der Waals surface area contributed by atoms with E-state index in [1.165, 1.54) is 9.13 Å². The van der Waals surface area contributed by atoms with Gasteiger partial charge >= 0.3 is 0 Å². The molecule has 0 aliphatic heterocycles. The molecule has 0 fully saturated rings. The second-order valence-corrected chi connectivity index (χ2v) is 6.43. The minimum absolute atomic E-state index is 0.0499. The molecular weight excluding hydrogens is 389 g/mol. The zero-order valence-electron chi connectivity index (χ0n) is 12.4. The first-order valence-corrected chi connectivity index (χ1v) is 8.12. The number of nitrogens with one attached hydrogen (secondary N) is 1. The average molecular weight is 405 g/mol. The number of hydrogen-bond donors (Lipinski definition) is 1. The minimum atomic E-state index is -0.0499. The third kappa shape index (κ3) is 3.47. The molecule has 1 N–H and O–H groups in total. The molecule has 3 rings (SSSR count). The lowest BCUT2D eigenvalue weighted by Gasteiger charge is -2.11. The van der Waals surface area contributed by atoms with Crippen molar-refractivity contribution in [1.29, 1.82) is 0 Å². The Hall–Kier alpha value is -1.89. The van der Waals surface area contributed by atoms with Crippen molar-refractivity contribution in [2.45, 2.75) is 19.9 Å². The predicted octanol–water partition coefficient (Wildman–Crippen LogP) is 4.82. The lowest BCUT2D eigenvalue weighted by Crippen LogP contribution is -2.06. The van der Waals surface area contributed by atoms with Crippen molar-refractivity contribution >= 4 is 28.3 Å². The number of aryl methyl sites for hydroxylation is 1. The smallest absolute Gasteiger partial charge is 0.247 e. The maximum Gasteiger partial charge on any atom is 0.247 e. The SMILES string of the molecule is Cc1cccc(-c2nnc([C@H](C)Nc3ccc(I)cc3)o2)c1. The van der Waals surface area contributed by atoms with Crippen molar-refractivity contribution < 1.29 is 4.42 Å². The second kappa shape index (κ2) is 6.48. The zero-order valence-corrected chi connectivity index (χ0v) is 14.5. The van der Waals surface area contributed by atoms with E-state index in [2.05, 4.69) is 50.2 Å². The van der Waals surface area contributed by atoms with Crippen LogP contribution in [0.25, 0.3) is 11.5 Å². The molecule has 1 heterocycles. The molecule has 2 aromatic carbocycles. The number of rotatable bonds is 4. The Labute approximate surface area is 143 Å². The quantitative estimate of drug-likeness (QED) is 0.633. The number of nitrogens with zero attached hydrogens (tertiary/aromatic N) is 2. The topological polar surface area (TPSA) is 51.0 Å². The first-order chi connectivity index (χ1) is 10.6. The fraction of sp³-hybridized carbons (Fsp3) is 0.176. The third-order valence-electron chi connectivity index (χ3n) is 3.30. The van der Waals surface area contributed by atoms with Crippen LogP contribution < -0.4 is 5.32 Å². The van der Waals surface area contributed by atoms with Crippen molar-refractivity contribution in [2.75, 3.05) is 5.32 Å². The van der Waals surface area contributed by atoms with E-state index in [0.717, 1.165) is 11.3 Å². The normalized spacial score (nSPS) is 12.1. The first-order valence-electron chi connectivity index (χ1n) is 7.04. The summed E-state index contributed by atoms with van der Waals surface area (Å²) in [7, 11) is 0. The molecule has 0 amide bonds. The monoisotopic (exact) mass is 405 g/mol. The van der Waals surface area contributed by atoms with Gasteiger partial charge < -0.3 is 9.73 Å². The van der Waals surface area contributed by atoms with Crippen molar-refractivity contribution in [3.63, 3.8) is 0 Å². The van der Waals surface area contributed by atoms with Gasteiger partial charge in [-0.25, -0.2) is 0 Å². The van der Waals surface area contributed by atoms with E-state index in [1.54, 1.807) is 0 Å². The van der Waals surface area contributed by atoms with E-state index in [0.29, 0.717) is 11.8 Å². The number of halogens is 1. The van der Waals surface area contributed by atoms with Crippen molar-refractivity contribution in [2.24, 2.45) is 0 Å². The van der Waals surface area contributed by atoms with Crippen LogP contribution in [0.3, 0.4) is 0 Å². The number of hydrogen-bond acceptors (Lipinski definition) is 4. The van der Waals surface area contributed by atoms with Crippen LogP contribution in [0.15, 0.2) is 52.9 Å². The van der Waals surface area contributed by atoms with Crippen LogP contribution in [0.5, 0.6) is 0 Å². The van der Waals surface area contributed by atoms with Gasteiger partial charge in [-0.1, -0.05) is 17.7 Å². The maximum atomic E-state index is 5.80. The van der Waals surface area contributed by atoms with Gasteiger partial charge in [-0.2, -0.15) is 0 Å². The molecule has 0 bridgehead atoms. The molecule has 112 valence electrons. The van der Waals surface area contributed by atoms with Crippen LogP contribution in [0.4, 0.5) is 5.69 Å². The molecule has 5 heteroatoms. The first kappa shape index (κ1) is 15.0. The van der Waals surface area contributed by atoms with Gasteiger partial charge in [0.15, 0.2) is 0 Å². The van der Waals surface area contributed by atoms with E-state index in [-0.39, 0.29) is 6.04 Å². The highest BCUT2D eigenvalue weighted by molar-refractivity contribution is 14.1. The summed E-state index contributed by atoms with van der Waals surface area (Å²) < 4.78 is 7.00. The van der Waals surface area contributed by atoms with Crippen LogP contribution in [-0.4, -0.2) is 10.2 Å². The summed E-state index contributed by atoms with van der Waals surface area (Å²) in [5, 5.41) is 11.7. The van der Waals surface area contributed by atoms with E-state index < -0.39 is 0 Å². The minimum Gasteiger partial charge on any atom is -0.418 e. The molecule has 0 unspecified atom stereocenters. The lowest BCUT2D eigenvalue weighted by atomic mass is 10.1. The van der Waals surface area contributed by atoms with Crippen molar-refractivity contribution in [3.05, 3.63) is 63.6 Å². The molecule has 0 saturated carbocycles. The Morgan fingerprint density at radius 3 is 2.59 bits per heavy atom. The maximum absolute atomic E-state index is 5.80. The van der Waals surface area contributed by atoms with Crippen molar-refractivity contribution in [3.8, 4) is 11.5 Å². The van der Waals surface area contributed by atoms with Crippen LogP contribution in [0.2, 0.25) is 0 Å². The molecular formula is C17H16IN3O. The summed E-state index contributed by atoms with van der Waals surface area (Å²) in [5.41, 5.74) is 3.14. The summed E-state index contributed by atoms with van der Waals surface area (Å²) in [6, 6.07) is 16.2. The Morgan fingerprint density at radius 1 is 1.09 bits per heavy atom. The molecule has 0 aliphatic rings. The van der Waals surface area contributed by atoms with Crippen LogP contribution in [-0.2, 0) is 0 Å². The third-order valence-corrected chi connectivity index (χ3v) is 4.02. The summed E-state index contributed by atoms with van der Waals surface area (Å²) >= 11 is 2.29. The van der Waals surface area contributed by atoms with Gasteiger partial charge in [0.2, 0.25) is 11.8 Å². The summed E-state index contributed by atoms with van der Waals surface area (Å²) in [6.07, 6.45) is 0. The highest BCUT2D eigenvalue weighted by Crippen LogP contribution is 2.23. The van der Waals surface area contributed by atoms with Gasteiger partial charge in [-0.15, -0.1) is 10.2 Å². The van der Waals surface area contributed by atoms with E-state index >= 15 is 0 Å². The summed E-state index contributed by atoms with van der Waals surface area (Å²) in [4.78, 5) is 0. The summed E-state index contributed by atoms with van der Waals surface area (Å²) in [6.45, 7) is 4.05. The van der Waals surface area contributed by atoms with Crippen LogP contribution in [0, 0.1) is 10.5 Å². The van der Waals surface area contributed by atoms with Gasteiger partial charge in [0.05, 0.1) is 0 Å². The zero-order chi connectivity index (χ0) is 15.5. The second-order valence-electron chi connectivity index (χ2n) is 5.19. The lowest BCUT2D eigenvalue weighted by molar-refractivity contribution is 0.485. The molecule has 0 saturated heterocycles. The molecule has 4 nitrogen and oxygen atoms in total. The largest absolute Gasteiger partial charge is 0.418 e. The van der Waals surface area contributed by atoms with Gasteiger partial charge in [0.25, 0.3) is 0 Å². The molecule has 1 atom stereocenters. The van der Waals surface area contributed by atoms with Gasteiger partial charge in [0, 0.05) is 14.8 Å². The van der Waals surface area contributed by atoms with Crippen LogP contribution >= 0.6 is 22.6 Å². The molecule has 0 aliphatic carbocycles. The van der Waals surface area contributed by atoms with Gasteiger partial charge in [0.1, 0.15) is 6.04 Å². The summed E-state index contributed by atoms with van der Waals surface area (Å²) in [5.74, 6) is 1.13. The number of aromatic nitrogens is 2. The van der Waals surface area contributed by atoms with Gasteiger partial charge in [-0.3, -0.25) is 0 Å². The molecule has 3 aromatic rings. The van der Waals surface area contributed by atoms with E-state index in [9.17, 15) is 0 Å². The van der Waals surface area contributed by atoms with E-state index in [1.807, 2.05) is 50.2 Å². The highest BCUT2D eigenvalue weighted by Gasteiger charge is 2.15. The van der Waals surface area contributed by atoms with Crippen LogP contribution in [0.1, 0.15) is 24.4 Å². The fourth-order valence-corrected chi connectivity index (χ4v) is 2.52. The Balaban J connectivity index is 1.76. The molecule has 0 spiro atoms. The number of benzene rings is 2. The predicted molar refractivity (Wildman–Crippen MR) is 95.7 cm³/mol. The van der Waals surface area contributed by atoms with Crippen molar-refractivity contribution in [1.82, 2.24) is 10.2 Å². The van der Waals surface area contributed by atoms with Gasteiger partial charge in [-0.05, 0) is 72.8 Å². The molecule has 1 aromatic heterocycles. The fourth-order valence-electron chi connectivity index (χ4n) is 2.16. The Morgan fingerprint density at radius 2 is 1.86 bits per heavy atom. The molecule has 0 radical (unpaired) electrons. The standard InChI is InChI=1S/C17H16IN3O/c1-11-4-3-5-13(10-11)17-21-20-16(22-17)12(2)19-15-8-6-14(18)7-9-15/h3-10,12,19H,1-2H3/t12-/m0/s1. The highest BCUT2D eigenvalue weighted by atomic mass is 127. The Bertz CT molecular complexity index is 768. The average Bonchev–Trinajstić information content (AvgIpc) is 3.00. The number of anilines is 1. The molecule has 22 heavy (non-hydrogen) atoms.